The highest BCUT2D eigenvalue weighted by Gasteiger charge is 2.28. The van der Waals surface area contributed by atoms with Crippen LogP contribution in [-0.2, 0) is 14.6 Å². The Labute approximate surface area is 151 Å². The highest BCUT2D eigenvalue weighted by molar-refractivity contribution is 7.90. The van der Waals surface area contributed by atoms with Gasteiger partial charge in [-0.15, -0.1) is 0 Å². The number of nitrogen functional groups attached to an aromatic ring is 1. The number of aromatic nitrogens is 2. The van der Waals surface area contributed by atoms with Crippen LogP contribution in [0.15, 0.2) is 29.2 Å². The van der Waals surface area contributed by atoms with E-state index in [2.05, 4.69) is 9.97 Å². The topological polar surface area (TPSA) is 98.4 Å². The Morgan fingerprint density at radius 2 is 2.08 bits per heavy atom. The van der Waals surface area contributed by atoms with Crippen molar-refractivity contribution in [2.75, 3.05) is 36.6 Å². The third kappa shape index (κ3) is 3.94. The summed E-state index contributed by atoms with van der Waals surface area (Å²) in [7, 11) is -3.48. The molecule has 26 heavy (non-hydrogen) atoms. The van der Waals surface area contributed by atoms with Gasteiger partial charge in [-0.2, -0.15) is 4.98 Å². The number of sulfone groups is 1. The summed E-state index contributed by atoms with van der Waals surface area (Å²) in [6, 6.07) is 5.30. The number of hydrogen-bond donors (Lipinski definition) is 1. The smallest absolute Gasteiger partial charge is 0.222 e. The number of ether oxygens (including phenoxy) is 1. The second-order valence-corrected chi connectivity index (χ2v) is 8.33. The Morgan fingerprint density at radius 3 is 2.73 bits per heavy atom. The van der Waals surface area contributed by atoms with Crippen LogP contribution >= 0.6 is 0 Å². The maximum absolute atomic E-state index is 14.7. The first-order chi connectivity index (χ1) is 12.3. The van der Waals surface area contributed by atoms with Gasteiger partial charge in [0.05, 0.1) is 17.5 Å². The summed E-state index contributed by atoms with van der Waals surface area (Å²) < 4.78 is 43.7. The highest BCUT2D eigenvalue weighted by Crippen LogP contribution is 2.31. The first-order valence-electron chi connectivity index (χ1n) is 8.21. The zero-order valence-electron chi connectivity index (χ0n) is 14.6. The van der Waals surface area contributed by atoms with Gasteiger partial charge in [0.15, 0.2) is 9.84 Å². The fraction of sp³-hybridized carbons (Fsp3) is 0.412. The molecule has 0 aliphatic carbocycles. The van der Waals surface area contributed by atoms with Gasteiger partial charge in [0.25, 0.3) is 0 Å². The predicted molar refractivity (Wildman–Crippen MR) is 96.2 cm³/mol. The van der Waals surface area contributed by atoms with Gasteiger partial charge in [0.2, 0.25) is 5.95 Å². The maximum atomic E-state index is 14.7. The Balaban J connectivity index is 2.05. The Bertz CT molecular complexity index is 900. The lowest BCUT2D eigenvalue weighted by atomic mass is 10.0. The summed E-state index contributed by atoms with van der Waals surface area (Å²) in [5, 5.41) is 0. The van der Waals surface area contributed by atoms with Crippen molar-refractivity contribution in [1.29, 1.82) is 0 Å². The summed E-state index contributed by atoms with van der Waals surface area (Å²) in [5.41, 5.74) is 6.83. The molecule has 1 saturated heterocycles. The van der Waals surface area contributed by atoms with E-state index in [0.29, 0.717) is 30.2 Å². The van der Waals surface area contributed by atoms with Crippen LogP contribution in [0.4, 0.5) is 16.2 Å². The molecule has 0 amide bonds. The number of nitrogens with zero attached hydrogens (tertiary/aromatic N) is 3. The normalized spacial score (nSPS) is 18.6. The number of nitrogens with two attached hydrogens (primary N) is 1. The van der Waals surface area contributed by atoms with Gasteiger partial charge in [0, 0.05) is 36.7 Å². The van der Waals surface area contributed by atoms with Crippen LogP contribution < -0.4 is 10.6 Å². The molecule has 1 fully saturated rings. The van der Waals surface area contributed by atoms with Gasteiger partial charge in [0.1, 0.15) is 11.6 Å². The Morgan fingerprint density at radius 1 is 1.31 bits per heavy atom. The van der Waals surface area contributed by atoms with Gasteiger partial charge in [-0.25, -0.2) is 17.8 Å². The van der Waals surface area contributed by atoms with Crippen LogP contribution in [0, 0.1) is 12.7 Å². The molecule has 0 radical (unpaired) electrons. The summed E-state index contributed by atoms with van der Waals surface area (Å²) in [5.74, 6) is 0.154. The highest BCUT2D eigenvalue weighted by atomic mass is 32.2. The van der Waals surface area contributed by atoms with Crippen molar-refractivity contribution in [3.63, 3.8) is 0 Å². The monoisotopic (exact) mass is 380 g/mol. The van der Waals surface area contributed by atoms with Crippen molar-refractivity contribution in [3.05, 3.63) is 41.3 Å². The van der Waals surface area contributed by atoms with E-state index in [1.165, 1.54) is 12.1 Å². The van der Waals surface area contributed by atoms with E-state index in [-0.39, 0.29) is 17.5 Å². The minimum Gasteiger partial charge on any atom is -0.379 e. The molecular formula is C17H21FN4O3S. The van der Waals surface area contributed by atoms with Crippen molar-refractivity contribution in [2.24, 2.45) is 0 Å². The maximum Gasteiger partial charge on any atom is 0.222 e. The molecule has 1 aromatic heterocycles. The molecule has 0 unspecified atom stereocenters. The van der Waals surface area contributed by atoms with Crippen molar-refractivity contribution in [1.82, 2.24) is 9.97 Å². The summed E-state index contributed by atoms with van der Waals surface area (Å²) in [6.07, 6.45) is 1.80. The standard InChI is InChI=1S/C17H21FN4O3S/c1-11-8-16(21-17(19)20-11)22-6-3-7-25-10-15(22)13-5-4-12(9-14(13)18)26(2,23)24/h4-5,8-9,15H,3,6-7,10H2,1-2H3,(H2,19,20,21)/t15-/m0/s1. The molecule has 2 N–H and O–H groups in total. The Hall–Kier alpha value is -2.26. The predicted octanol–water partition coefficient (Wildman–Crippen LogP) is 1.88. The van der Waals surface area contributed by atoms with Crippen molar-refractivity contribution >= 4 is 21.6 Å². The van der Waals surface area contributed by atoms with E-state index in [0.717, 1.165) is 18.7 Å². The van der Waals surface area contributed by atoms with Crippen molar-refractivity contribution < 1.29 is 17.5 Å². The number of benzene rings is 1. The average molecular weight is 380 g/mol. The summed E-state index contributed by atoms with van der Waals surface area (Å²) in [4.78, 5) is 10.2. The average Bonchev–Trinajstić information content (AvgIpc) is 2.78. The summed E-state index contributed by atoms with van der Waals surface area (Å²) >= 11 is 0. The number of hydrogen-bond acceptors (Lipinski definition) is 7. The number of rotatable bonds is 3. The van der Waals surface area contributed by atoms with Gasteiger partial charge >= 0.3 is 0 Å². The molecule has 3 rings (SSSR count). The van der Waals surface area contributed by atoms with Crippen LogP contribution in [0.2, 0.25) is 0 Å². The lowest BCUT2D eigenvalue weighted by molar-refractivity contribution is 0.133. The van der Waals surface area contributed by atoms with E-state index >= 15 is 0 Å². The number of anilines is 2. The minimum atomic E-state index is -3.48. The summed E-state index contributed by atoms with van der Waals surface area (Å²) in [6.45, 7) is 3.23. The van der Waals surface area contributed by atoms with E-state index in [9.17, 15) is 12.8 Å². The molecule has 2 aromatic rings. The largest absolute Gasteiger partial charge is 0.379 e. The quantitative estimate of drug-likeness (QED) is 0.868. The zero-order chi connectivity index (χ0) is 18.9. The molecule has 1 atom stereocenters. The first kappa shape index (κ1) is 18.5. The zero-order valence-corrected chi connectivity index (χ0v) is 15.5. The van der Waals surface area contributed by atoms with Crippen molar-refractivity contribution in [3.8, 4) is 0 Å². The van der Waals surface area contributed by atoms with E-state index in [4.69, 9.17) is 10.5 Å². The van der Waals surface area contributed by atoms with Crippen LogP contribution in [0.1, 0.15) is 23.7 Å². The van der Waals surface area contributed by atoms with E-state index in [1.807, 2.05) is 11.8 Å². The number of aryl methyl sites for hydroxylation is 1. The van der Waals surface area contributed by atoms with Crippen LogP contribution in [0.3, 0.4) is 0 Å². The molecule has 1 aliphatic rings. The van der Waals surface area contributed by atoms with Crippen molar-refractivity contribution in [2.45, 2.75) is 24.3 Å². The van der Waals surface area contributed by atoms with Crippen LogP contribution in [-0.4, -0.2) is 44.4 Å². The fourth-order valence-corrected chi connectivity index (χ4v) is 3.67. The molecule has 0 bridgehead atoms. The molecule has 2 heterocycles. The van der Waals surface area contributed by atoms with E-state index < -0.39 is 21.7 Å². The SMILES string of the molecule is Cc1cc(N2CCCOC[C@H]2c2ccc(S(C)(=O)=O)cc2F)nc(N)n1. The third-order valence-corrected chi connectivity index (χ3v) is 5.36. The van der Waals surface area contributed by atoms with Crippen LogP contribution in [0.5, 0.6) is 0 Å². The second-order valence-electron chi connectivity index (χ2n) is 6.32. The van der Waals surface area contributed by atoms with Gasteiger partial charge in [-0.1, -0.05) is 6.07 Å². The molecule has 140 valence electrons. The second kappa shape index (κ2) is 7.16. The Kier molecular flexibility index (Phi) is 5.10. The number of halogens is 1. The fourth-order valence-electron chi connectivity index (χ4n) is 3.04. The van der Waals surface area contributed by atoms with Gasteiger partial charge in [-0.3, -0.25) is 0 Å². The molecule has 7 nitrogen and oxygen atoms in total. The van der Waals surface area contributed by atoms with E-state index in [1.54, 1.807) is 6.07 Å². The molecule has 1 aliphatic heterocycles. The first-order valence-corrected chi connectivity index (χ1v) is 10.1. The molecular weight excluding hydrogens is 359 g/mol. The van der Waals surface area contributed by atoms with Gasteiger partial charge in [-0.05, 0) is 25.5 Å². The third-order valence-electron chi connectivity index (χ3n) is 4.25. The molecule has 1 aromatic carbocycles. The molecule has 0 spiro atoms. The molecule has 9 heteroatoms. The lowest BCUT2D eigenvalue weighted by Gasteiger charge is -2.31. The minimum absolute atomic E-state index is 0.0537. The van der Waals surface area contributed by atoms with Crippen LogP contribution in [0.25, 0.3) is 0 Å². The lowest BCUT2D eigenvalue weighted by Crippen LogP contribution is -2.32. The molecule has 0 saturated carbocycles. The van der Waals surface area contributed by atoms with Gasteiger partial charge < -0.3 is 15.4 Å².